The highest BCUT2D eigenvalue weighted by Crippen LogP contribution is 2.53. The van der Waals surface area contributed by atoms with Crippen LogP contribution in [0.5, 0.6) is 0 Å². The van der Waals surface area contributed by atoms with Gasteiger partial charge in [0.1, 0.15) is 5.82 Å². The summed E-state index contributed by atoms with van der Waals surface area (Å²) in [5.74, 6) is -0.297. The van der Waals surface area contributed by atoms with E-state index >= 15 is 4.39 Å². The van der Waals surface area contributed by atoms with Gasteiger partial charge in [0, 0.05) is 54.9 Å². The highest BCUT2D eigenvalue weighted by molar-refractivity contribution is 7.20. The molecule has 336 valence electrons. The fourth-order valence-corrected chi connectivity index (χ4v) is 10.8. The molecule has 11 rings (SSSR count). The van der Waals surface area contributed by atoms with E-state index in [0.717, 1.165) is 85.1 Å². The SMILES string of the molecule is CCc1ccc(N(c2ccccc2)c2ccc(-c3sc(-c4ccc(N(c5cccc(-c6ccccc6)c5)c5cc(F)ccc5-c5ccccc5)cc4)c(-c4ccccc4)c3-c3ccccc3)cc2)cc1. The number of para-hydroxylation sites is 1. The van der Waals surface area contributed by atoms with Gasteiger partial charge in [0.05, 0.1) is 5.69 Å². The predicted molar refractivity (Wildman–Crippen MR) is 296 cm³/mol. The van der Waals surface area contributed by atoms with Gasteiger partial charge in [0.2, 0.25) is 0 Å². The Bertz CT molecular complexity index is 3480. The zero-order valence-corrected chi connectivity index (χ0v) is 39.6. The molecular formula is C66H49FN2S. The van der Waals surface area contributed by atoms with Gasteiger partial charge in [-0.3, -0.25) is 0 Å². The summed E-state index contributed by atoms with van der Waals surface area (Å²) in [6, 6.07) is 93.1. The van der Waals surface area contributed by atoms with Gasteiger partial charge in [0.25, 0.3) is 0 Å². The first-order valence-electron chi connectivity index (χ1n) is 23.8. The molecular weight excluding hydrogens is 872 g/mol. The number of benzene rings is 10. The van der Waals surface area contributed by atoms with Crippen LogP contribution in [0, 0.1) is 5.82 Å². The summed E-state index contributed by atoms with van der Waals surface area (Å²) in [6.45, 7) is 2.19. The number of halogens is 1. The summed E-state index contributed by atoms with van der Waals surface area (Å²) in [5, 5.41) is 0. The smallest absolute Gasteiger partial charge is 0.125 e. The van der Waals surface area contributed by atoms with E-state index in [0.29, 0.717) is 0 Å². The molecule has 0 spiro atoms. The molecule has 0 aliphatic heterocycles. The van der Waals surface area contributed by atoms with Crippen molar-refractivity contribution in [1.29, 1.82) is 0 Å². The van der Waals surface area contributed by atoms with Gasteiger partial charge in [-0.2, -0.15) is 0 Å². The molecule has 11 aromatic rings. The molecule has 0 saturated carbocycles. The quantitative estimate of drug-likeness (QED) is 0.114. The van der Waals surface area contributed by atoms with Crippen LogP contribution in [-0.4, -0.2) is 0 Å². The van der Waals surface area contributed by atoms with Gasteiger partial charge in [-0.15, -0.1) is 11.3 Å². The summed E-state index contributed by atoms with van der Waals surface area (Å²) in [5.41, 5.74) is 18.3. The fourth-order valence-electron chi connectivity index (χ4n) is 9.46. The van der Waals surface area contributed by atoms with Crippen LogP contribution in [-0.2, 0) is 6.42 Å². The molecule has 0 N–H and O–H groups in total. The average molecular weight is 921 g/mol. The summed E-state index contributed by atoms with van der Waals surface area (Å²) >= 11 is 1.82. The molecule has 2 nitrogen and oxygen atoms in total. The molecule has 0 atom stereocenters. The largest absolute Gasteiger partial charge is 0.311 e. The van der Waals surface area contributed by atoms with Crippen LogP contribution < -0.4 is 9.80 Å². The summed E-state index contributed by atoms with van der Waals surface area (Å²) in [4.78, 5) is 6.88. The molecule has 0 bridgehead atoms. The minimum absolute atomic E-state index is 0.297. The van der Waals surface area contributed by atoms with Crippen LogP contribution in [0.2, 0.25) is 0 Å². The molecule has 1 aromatic heterocycles. The second-order valence-electron chi connectivity index (χ2n) is 17.3. The van der Waals surface area contributed by atoms with Crippen molar-refractivity contribution < 1.29 is 4.39 Å². The molecule has 0 aliphatic carbocycles. The summed E-state index contributed by atoms with van der Waals surface area (Å²) in [6.07, 6.45) is 0.995. The Morgan fingerprint density at radius 3 is 1.26 bits per heavy atom. The Morgan fingerprint density at radius 2 is 0.743 bits per heavy atom. The Morgan fingerprint density at radius 1 is 0.329 bits per heavy atom. The molecule has 10 aromatic carbocycles. The summed E-state index contributed by atoms with van der Waals surface area (Å²) in [7, 11) is 0. The molecule has 1 heterocycles. The highest BCUT2D eigenvalue weighted by atomic mass is 32.1. The third-order valence-corrected chi connectivity index (χ3v) is 14.2. The lowest BCUT2D eigenvalue weighted by Gasteiger charge is -2.28. The second-order valence-corrected chi connectivity index (χ2v) is 18.3. The van der Waals surface area contributed by atoms with Crippen molar-refractivity contribution in [2.24, 2.45) is 0 Å². The zero-order valence-electron chi connectivity index (χ0n) is 38.8. The minimum atomic E-state index is -0.297. The number of hydrogen-bond donors (Lipinski definition) is 0. The first-order chi connectivity index (χ1) is 34.6. The highest BCUT2D eigenvalue weighted by Gasteiger charge is 2.25. The van der Waals surface area contributed by atoms with E-state index in [2.05, 4.69) is 241 Å². The molecule has 0 amide bonds. The Hall–Kier alpha value is -8.57. The van der Waals surface area contributed by atoms with Gasteiger partial charge >= 0.3 is 0 Å². The van der Waals surface area contributed by atoms with E-state index in [-0.39, 0.29) is 5.82 Å². The lowest BCUT2D eigenvalue weighted by molar-refractivity contribution is 0.628. The van der Waals surface area contributed by atoms with Crippen LogP contribution in [0.15, 0.2) is 267 Å². The summed E-state index contributed by atoms with van der Waals surface area (Å²) < 4.78 is 15.6. The Balaban J connectivity index is 1.06. The maximum absolute atomic E-state index is 15.6. The Labute approximate surface area is 414 Å². The van der Waals surface area contributed by atoms with Crippen LogP contribution in [0.25, 0.3) is 65.4 Å². The van der Waals surface area contributed by atoms with Gasteiger partial charge in [0.15, 0.2) is 0 Å². The first kappa shape index (κ1) is 44.0. The van der Waals surface area contributed by atoms with Gasteiger partial charge < -0.3 is 9.80 Å². The van der Waals surface area contributed by atoms with Crippen molar-refractivity contribution in [1.82, 2.24) is 0 Å². The third kappa shape index (κ3) is 8.97. The van der Waals surface area contributed by atoms with E-state index in [1.807, 2.05) is 41.7 Å². The molecule has 70 heavy (non-hydrogen) atoms. The number of rotatable bonds is 13. The molecule has 4 heteroatoms. The van der Waals surface area contributed by atoms with Crippen molar-refractivity contribution in [2.45, 2.75) is 13.3 Å². The normalized spacial score (nSPS) is 11.1. The lowest BCUT2D eigenvalue weighted by atomic mass is 9.91. The van der Waals surface area contributed by atoms with Crippen LogP contribution in [0.4, 0.5) is 38.5 Å². The maximum atomic E-state index is 15.6. The number of hydrogen-bond acceptors (Lipinski definition) is 3. The predicted octanol–water partition coefficient (Wildman–Crippen LogP) is 19.4. The minimum Gasteiger partial charge on any atom is -0.311 e. The van der Waals surface area contributed by atoms with Crippen molar-refractivity contribution in [3.05, 3.63) is 278 Å². The van der Waals surface area contributed by atoms with Crippen LogP contribution in [0.3, 0.4) is 0 Å². The van der Waals surface area contributed by atoms with Gasteiger partial charge in [-0.25, -0.2) is 4.39 Å². The second kappa shape index (κ2) is 20.0. The number of aryl methyl sites for hydroxylation is 1. The number of anilines is 6. The van der Waals surface area contributed by atoms with Crippen molar-refractivity contribution in [2.75, 3.05) is 9.80 Å². The fraction of sp³-hybridized carbons (Fsp3) is 0.0303. The third-order valence-electron chi connectivity index (χ3n) is 12.9. The van der Waals surface area contributed by atoms with Crippen LogP contribution in [0.1, 0.15) is 12.5 Å². The van der Waals surface area contributed by atoms with E-state index in [9.17, 15) is 0 Å². The molecule has 0 unspecified atom stereocenters. The topological polar surface area (TPSA) is 6.48 Å². The van der Waals surface area contributed by atoms with E-state index in [1.54, 1.807) is 12.1 Å². The van der Waals surface area contributed by atoms with Crippen LogP contribution >= 0.6 is 11.3 Å². The monoisotopic (exact) mass is 920 g/mol. The Kier molecular flexibility index (Phi) is 12.5. The molecule has 0 radical (unpaired) electrons. The van der Waals surface area contributed by atoms with E-state index in [1.165, 1.54) is 26.4 Å². The number of thiophene rings is 1. The van der Waals surface area contributed by atoms with Crippen molar-refractivity contribution in [3.63, 3.8) is 0 Å². The molecule has 0 saturated heterocycles. The maximum Gasteiger partial charge on any atom is 0.125 e. The van der Waals surface area contributed by atoms with Gasteiger partial charge in [-0.05, 0) is 130 Å². The standard InChI is InChI=1S/C66H49FN2S/c1-2-47-31-38-57(39-32-47)68(56-28-16-7-17-29-56)58-40-33-52(34-41-58)65-63(50-23-12-5-13-24-50)64(51-25-14-6-15-26-51)66(70-65)53-35-42-59(43-36-53)69(60-30-18-27-54(45-60)48-19-8-3-9-20-48)62-46-55(67)37-44-61(62)49-21-10-4-11-22-49/h3-46H,2H2,1H3. The van der Waals surface area contributed by atoms with E-state index in [4.69, 9.17) is 0 Å². The van der Waals surface area contributed by atoms with Gasteiger partial charge in [-0.1, -0.05) is 195 Å². The molecule has 0 aliphatic rings. The van der Waals surface area contributed by atoms with Crippen molar-refractivity contribution in [3.8, 4) is 65.4 Å². The zero-order chi connectivity index (χ0) is 47.2. The average Bonchev–Trinajstić information content (AvgIpc) is 3.84. The first-order valence-corrected chi connectivity index (χ1v) is 24.6. The molecule has 0 fully saturated rings. The van der Waals surface area contributed by atoms with E-state index < -0.39 is 0 Å². The van der Waals surface area contributed by atoms with Crippen molar-refractivity contribution >= 4 is 45.5 Å². The number of nitrogens with zero attached hydrogens (tertiary/aromatic N) is 2. The lowest BCUT2D eigenvalue weighted by Crippen LogP contribution is -2.11.